The van der Waals surface area contributed by atoms with Crippen LogP contribution in [0, 0.1) is 17.1 Å². The molecule has 6 heteroatoms. The highest BCUT2D eigenvalue weighted by Crippen LogP contribution is 2.23. The number of hydrogen-bond acceptors (Lipinski definition) is 3. The van der Waals surface area contributed by atoms with Gasteiger partial charge in [0.1, 0.15) is 17.6 Å². The highest BCUT2D eigenvalue weighted by Gasteiger charge is 2.10. The molecule has 0 aromatic heterocycles. The fourth-order valence-electron chi connectivity index (χ4n) is 1.58. The van der Waals surface area contributed by atoms with Gasteiger partial charge in [-0.25, -0.2) is 4.39 Å². The average molecular weight is 324 g/mol. The van der Waals surface area contributed by atoms with Crippen LogP contribution in [0.25, 0.3) is 0 Å². The third kappa shape index (κ3) is 3.72. The maximum Gasteiger partial charge on any atom is 0.200 e. The number of benzene rings is 2. The Balaban J connectivity index is 2.05. The van der Waals surface area contributed by atoms with Gasteiger partial charge in [-0.3, -0.25) is 4.79 Å². The Hall–Kier alpha value is -2.09. The summed E-state index contributed by atoms with van der Waals surface area (Å²) in [6.45, 7) is -0.275. The summed E-state index contributed by atoms with van der Waals surface area (Å²) < 4.78 is 18.6. The van der Waals surface area contributed by atoms with E-state index in [0.717, 1.165) is 6.07 Å². The second-order valence-electron chi connectivity index (χ2n) is 4.09. The molecule has 0 radical (unpaired) electrons. The molecule has 0 saturated heterocycles. The molecule has 21 heavy (non-hydrogen) atoms. The summed E-state index contributed by atoms with van der Waals surface area (Å²) in [4.78, 5) is 11.9. The summed E-state index contributed by atoms with van der Waals surface area (Å²) in [5, 5.41) is 9.24. The number of hydrogen-bond donors (Lipinski definition) is 0. The van der Waals surface area contributed by atoms with Gasteiger partial charge in [-0.15, -0.1) is 0 Å². The van der Waals surface area contributed by atoms with Crippen LogP contribution >= 0.6 is 23.2 Å². The van der Waals surface area contributed by atoms with Gasteiger partial charge in [-0.1, -0.05) is 23.2 Å². The van der Waals surface area contributed by atoms with E-state index in [1.807, 2.05) is 0 Å². The quantitative estimate of drug-likeness (QED) is 0.789. The van der Waals surface area contributed by atoms with Crippen molar-refractivity contribution in [2.45, 2.75) is 0 Å². The fourth-order valence-corrected chi connectivity index (χ4v) is 1.88. The van der Waals surface area contributed by atoms with Gasteiger partial charge in [0.2, 0.25) is 0 Å². The lowest BCUT2D eigenvalue weighted by Gasteiger charge is -2.06. The Morgan fingerprint density at radius 3 is 2.57 bits per heavy atom. The predicted octanol–water partition coefficient (Wildman–Crippen LogP) is 4.27. The second kappa shape index (κ2) is 6.57. The van der Waals surface area contributed by atoms with Crippen molar-refractivity contribution >= 4 is 29.0 Å². The SMILES string of the molecule is N#Cc1ccc(OCC(=O)c2ccc(Cl)c(Cl)c2)cc1F. The lowest BCUT2D eigenvalue weighted by Crippen LogP contribution is -2.11. The van der Waals surface area contributed by atoms with Crippen LogP contribution in [0.15, 0.2) is 36.4 Å². The maximum absolute atomic E-state index is 13.4. The van der Waals surface area contributed by atoms with Crippen LogP contribution in [-0.4, -0.2) is 12.4 Å². The number of halogens is 3. The number of rotatable bonds is 4. The molecule has 0 fully saturated rings. The Morgan fingerprint density at radius 2 is 1.95 bits per heavy atom. The molecule has 2 aromatic rings. The molecule has 0 aliphatic heterocycles. The molecule has 0 spiro atoms. The molecule has 0 bridgehead atoms. The molecule has 0 atom stereocenters. The first-order chi connectivity index (χ1) is 10.0. The van der Waals surface area contributed by atoms with Crippen molar-refractivity contribution < 1.29 is 13.9 Å². The van der Waals surface area contributed by atoms with Gasteiger partial charge in [0.25, 0.3) is 0 Å². The largest absolute Gasteiger partial charge is 0.485 e. The van der Waals surface area contributed by atoms with Crippen LogP contribution in [0.3, 0.4) is 0 Å². The molecular formula is C15H8Cl2FNO2. The van der Waals surface area contributed by atoms with Gasteiger partial charge in [0.15, 0.2) is 12.4 Å². The predicted molar refractivity (Wildman–Crippen MR) is 77.4 cm³/mol. The van der Waals surface area contributed by atoms with Crippen molar-refractivity contribution in [1.29, 1.82) is 5.26 Å². The topological polar surface area (TPSA) is 50.1 Å². The monoisotopic (exact) mass is 323 g/mol. The van der Waals surface area contributed by atoms with Gasteiger partial charge >= 0.3 is 0 Å². The molecule has 0 aliphatic rings. The van der Waals surface area contributed by atoms with Crippen molar-refractivity contribution in [1.82, 2.24) is 0 Å². The summed E-state index contributed by atoms with van der Waals surface area (Å²) in [6.07, 6.45) is 0. The number of carbonyl (C=O) groups is 1. The molecule has 2 rings (SSSR count). The summed E-state index contributed by atoms with van der Waals surface area (Å²) in [5.41, 5.74) is 0.261. The molecule has 0 N–H and O–H groups in total. The van der Waals surface area contributed by atoms with Crippen molar-refractivity contribution in [3.05, 3.63) is 63.4 Å². The lowest BCUT2D eigenvalue weighted by atomic mass is 10.1. The normalized spacial score (nSPS) is 10.0. The standard InChI is InChI=1S/C15H8Cl2FNO2/c16-12-4-2-9(5-13(12)17)15(20)8-21-11-3-1-10(7-19)14(18)6-11/h1-6H,8H2. The smallest absolute Gasteiger partial charge is 0.200 e. The number of nitrogens with zero attached hydrogens (tertiary/aromatic N) is 1. The van der Waals surface area contributed by atoms with E-state index in [9.17, 15) is 9.18 Å². The minimum Gasteiger partial charge on any atom is -0.485 e. The summed E-state index contributed by atoms with van der Waals surface area (Å²) in [7, 11) is 0. The first kappa shape index (κ1) is 15.3. The number of ether oxygens (including phenoxy) is 1. The van der Waals surface area contributed by atoms with Crippen molar-refractivity contribution in [3.8, 4) is 11.8 Å². The highest BCUT2D eigenvalue weighted by molar-refractivity contribution is 6.42. The molecule has 0 aliphatic carbocycles. The van der Waals surface area contributed by atoms with Crippen LogP contribution < -0.4 is 4.74 Å². The van der Waals surface area contributed by atoms with Crippen molar-refractivity contribution in [2.24, 2.45) is 0 Å². The van der Waals surface area contributed by atoms with Crippen LogP contribution in [0.5, 0.6) is 5.75 Å². The number of ketones is 1. The highest BCUT2D eigenvalue weighted by atomic mass is 35.5. The Labute approximate surface area is 130 Å². The summed E-state index contributed by atoms with van der Waals surface area (Å²) >= 11 is 11.6. The van der Waals surface area contributed by atoms with Gasteiger partial charge in [0, 0.05) is 11.6 Å². The fraction of sp³-hybridized carbons (Fsp3) is 0.0667. The number of carbonyl (C=O) groups excluding carboxylic acids is 1. The van der Waals surface area contributed by atoms with Gasteiger partial charge in [0.05, 0.1) is 15.6 Å². The zero-order valence-electron chi connectivity index (χ0n) is 10.6. The number of Topliss-reactive ketones (excluding diaryl/α,β-unsaturated/α-hetero) is 1. The van der Waals surface area contributed by atoms with Crippen LogP contribution in [0.1, 0.15) is 15.9 Å². The van der Waals surface area contributed by atoms with E-state index >= 15 is 0 Å². The Kier molecular flexibility index (Phi) is 4.79. The first-order valence-electron chi connectivity index (χ1n) is 5.82. The minimum absolute atomic E-state index is 0.0850. The van der Waals surface area contributed by atoms with E-state index in [-0.39, 0.29) is 28.7 Å². The molecule has 0 heterocycles. The van der Waals surface area contributed by atoms with E-state index in [1.165, 1.54) is 30.3 Å². The molecule has 0 saturated carbocycles. The molecule has 106 valence electrons. The lowest BCUT2D eigenvalue weighted by molar-refractivity contribution is 0.0921. The maximum atomic E-state index is 13.4. The number of nitriles is 1. The van der Waals surface area contributed by atoms with Gasteiger partial charge in [-0.2, -0.15) is 5.26 Å². The van der Waals surface area contributed by atoms with Crippen LogP contribution in [0.4, 0.5) is 4.39 Å². The minimum atomic E-state index is -0.697. The zero-order valence-corrected chi connectivity index (χ0v) is 12.1. The molecule has 0 amide bonds. The van der Waals surface area contributed by atoms with Gasteiger partial charge < -0.3 is 4.74 Å². The Bertz CT molecular complexity index is 741. The first-order valence-corrected chi connectivity index (χ1v) is 6.57. The average Bonchev–Trinajstić information content (AvgIpc) is 2.47. The van der Waals surface area contributed by atoms with E-state index in [2.05, 4.69) is 0 Å². The van der Waals surface area contributed by atoms with E-state index in [0.29, 0.717) is 10.6 Å². The van der Waals surface area contributed by atoms with Crippen LogP contribution in [-0.2, 0) is 0 Å². The molecule has 0 unspecified atom stereocenters. The molecule has 2 aromatic carbocycles. The van der Waals surface area contributed by atoms with E-state index in [4.69, 9.17) is 33.2 Å². The summed E-state index contributed by atoms with van der Waals surface area (Å²) in [5.74, 6) is -0.852. The second-order valence-corrected chi connectivity index (χ2v) is 4.91. The van der Waals surface area contributed by atoms with E-state index in [1.54, 1.807) is 6.07 Å². The van der Waals surface area contributed by atoms with Gasteiger partial charge in [-0.05, 0) is 30.3 Å². The third-order valence-electron chi connectivity index (χ3n) is 2.67. The summed E-state index contributed by atoms with van der Waals surface area (Å²) in [6, 6.07) is 9.94. The Morgan fingerprint density at radius 1 is 1.19 bits per heavy atom. The molecular weight excluding hydrogens is 316 g/mol. The molecule has 3 nitrogen and oxygen atoms in total. The third-order valence-corrected chi connectivity index (χ3v) is 3.41. The van der Waals surface area contributed by atoms with Crippen LogP contribution in [0.2, 0.25) is 10.0 Å². The van der Waals surface area contributed by atoms with E-state index < -0.39 is 5.82 Å². The van der Waals surface area contributed by atoms with Crippen molar-refractivity contribution in [2.75, 3.05) is 6.61 Å². The van der Waals surface area contributed by atoms with Crippen molar-refractivity contribution in [3.63, 3.8) is 0 Å². The zero-order chi connectivity index (χ0) is 15.4.